The van der Waals surface area contributed by atoms with Crippen molar-refractivity contribution in [1.82, 2.24) is 15.5 Å². The number of ether oxygens (including phenoxy) is 1. The van der Waals surface area contributed by atoms with Crippen LogP contribution in [0, 0.1) is 5.82 Å². The van der Waals surface area contributed by atoms with E-state index in [-0.39, 0.29) is 24.2 Å². The van der Waals surface area contributed by atoms with Crippen LogP contribution in [-0.2, 0) is 11.2 Å². The second-order valence-corrected chi connectivity index (χ2v) is 7.36. The SMILES string of the molecule is CC1(C)CC(NC(=O)CCc2nc(-c3ccco3)no2)c2ccc(F)cc2O1. The molecule has 0 fully saturated rings. The summed E-state index contributed by atoms with van der Waals surface area (Å²) in [6.45, 7) is 3.82. The molecule has 1 unspecified atom stereocenters. The molecule has 4 rings (SSSR count). The molecule has 0 saturated carbocycles. The third-order valence-corrected chi connectivity index (χ3v) is 4.54. The molecule has 8 heteroatoms. The number of nitrogens with zero attached hydrogens (tertiary/aromatic N) is 2. The lowest BCUT2D eigenvalue weighted by Gasteiger charge is -2.37. The molecule has 1 N–H and O–H groups in total. The summed E-state index contributed by atoms with van der Waals surface area (Å²) in [5.41, 5.74) is 0.260. The number of hydrogen-bond donors (Lipinski definition) is 1. The molecule has 0 bridgehead atoms. The van der Waals surface area contributed by atoms with Gasteiger partial charge < -0.3 is 19.0 Å². The molecule has 0 radical (unpaired) electrons. The lowest BCUT2D eigenvalue weighted by Crippen LogP contribution is -2.41. The van der Waals surface area contributed by atoms with E-state index in [0.717, 1.165) is 5.56 Å². The van der Waals surface area contributed by atoms with Crippen molar-refractivity contribution in [2.45, 2.75) is 44.8 Å². The highest BCUT2D eigenvalue weighted by Crippen LogP contribution is 2.39. The highest BCUT2D eigenvalue weighted by Gasteiger charge is 2.34. The van der Waals surface area contributed by atoms with Crippen molar-refractivity contribution >= 4 is 5.91 Å². The number of aromatic nitrogens is 2. The summed E-state index contributed by atoms with van der Waals surface area (Å²) < 4.78 is 29.8. The summed E-state index contributed by atoms with van der Waals surface area (Å²) in [5, 5.41) is 6.85. The summed E-state index contributed by atoms with van der Waals surface area (Å²) in [6, 6.07) is 7.58. The number of amides is 1. The van der Waals surface area contributed by atoms with E-state index in [2.05, 4.69) is 15.5 Å². The lowest BCUT2D eigenvalue weighted by atomic mass is 9.89. The van der Waals surface area contributed by atoms with Crippen LogP contribution in [0.15, 0.2) is 45.5 Å². The first-order valence-corrected chi connectivity index (χ1v) is 9.04. The maximum absolute atomic E-state index is 13.6. The molecule has 0 saturated heterocycles. The van der Waals surface area contributed by atoms with Crippen molar-refractivity contribution in [3.05, 3.63) is 53.9 Å². The van der Waals surface area contributed by atoms with Crippen LogP contribution < -0.4 is 10.1 Å². The first-order chi connectivity index (χ1) is 13.4. The van der Waals surface area contributed by atoms with Crippen molar-refractivity contribution < 1.29 is 22.9 Å². The van der Waals surface area contributed by atoms with Crippen molar-refractivity contribution in [2.75, 3.05) is 0 Å². The zero-order valence-corrected chi connectivity index (χ0v) is 15.6. The fraction of sp³-hybridized carbons (Fsp3) is 0.350. The average molecular weight is 385 g/mol. The van der Waals surface area contributed by atoms with Gasteiger partial charge in [-0.25, -0.2) is 4.39 Å². The van der Waals surface area contributed by atoms with Crippen LogP contribution in [0.25, 0.3) is 11.6 Å². The Bertz CT molecular complexity index is 981. The van der Waals surface area contributed by atoms with Gasteiger partial charge >= 0.3 is 0 Å². The maximum Gasteiger partial charge on any atom is 0.238 e. The topological polar surface area (TPSA) is 90.4 Å². The Hall–Kier alpha value is -3.16. The van der Waals surface area contributed by atoms with Gasteiger partial charge in [0, 0.05) is 30.9 Å². The Balaban J connectivity index is 1.40. The van der Waals surface area contributed by atoms with Crippen LogP contribution in [0.1, 0.15) is 44.2 Å². The quantitative estimate of drug-likeness (QED) is 0.718. The van der Waals surface area contributed by atoms with E-state index < -0.39 is 5.60 Å². The monoisotopic (exact) mass is 385 g/mol. The van der Waals surface area contributed by atoms with Gasteiger partial charge in [0.2, 0.25) is 17.6 Å². The van der Waals surface area contributed by atoms with Crippen LogP contribution in [0.2, 0.25) is 0 Å². The van der Waals surface area contributed by atoms with Crippen LogP contribution >= 0.6 is 0 Å². The van der Waals surface area contributed by atoms with Gasteiger partial charge in [0.25, 0.3) is 0 Å². The minimum absolute atomic E-state index is 0.157. The largest absolute Gasteiger partial charge is 0.487 e. The highest BCUT2D eigenvalue weighted by atomic mass is 19.1. The van der Waals surface area contributed by atoms with Gasteiger partial charge in [-0.15, -0.1) is 0 Å². The summed E-state index contributed by atoms with van der Waals surface area (Å²) in [5.74, 6) is 1.15. The summed E-state index contributed by atoms with van der Waals surface area (Å²) in [7, 11) is 0. The first kappa shape index (κ1) is 18.2. The number of benzene rings is 1. The molecule has 3 heterocycles. The Morgan fingerprint density at radius 2 is 2.21 bits per heavy atom. The molecule has 7 nitrogen and oxygen atoms in total. The summed E-state index contributed by atoms with van der Waals surface area (Å²) in [4.78, 5) is 16.7. The number of halogens is 1. The van der Waals surface area contributed by atoms with Crippen molar-refractivity contribution in [1.29, 1.82) is 0 Å². The molecule has 1 aliphatic rings. The molecule has 1 aliphatic heterocycles. The minimum atomic E-state index is -0.511. The van der Waals surface area contributed by atoms with E-state index in [1.807, 2.05) is 13.8 Å². The zero-order valence-electron chi connectivity index (χ0n) is 15.6. The molecule has 1 aromatic carbocycles. The molecule has 146 valence electrons. The molecule has 0 spiro atoms. The molecule has 0 aliphatic carbocycles. The number of furan rings is 1. The fourth-order valence-corrected chi connectivity index (χ4v) is 3.30. The van der Waals surface area contributed by atoms with E-state index in [0.29, 0.717) is 36.1 Å². The second kappa shape index (κ2) is 7.10. The number of carbonyl (C=O) groups excluding carboxylic acids is 1. The van der Waals surface area contributed by atoms with E-state index >= 15 is 0 Å². The lowest BCUT2D eigenvalue weighted by molar-refractivity contribution is -0.122. The van der Waals surface area contributed by atoms with E-state index in [9.17, 15) is 9.18 Å². The Morgan fingerprint density at radius 1 is 1.36 bits per heavy atom. The molecular weight excluding hydrogens is 365 g/mol. The standard InChI is InChI=1S/C20H20FN3O4/c1-20(2)11-14(13-6-5-12(21)10-16(13)27-20)22-17(25)7-8-18-23-19(24-28-18)15-4-3-9-26-15/h3-6,9-10,14H,7-8,11H2,1-2H3,(H,22,25). The number of hydrogen-bond acceptors (Lipinski definition) is 6. The smallest absolute Gasteiger partial charge is 0.238 e. The third-order valence-electron chi connectivity index (χ3n) is 4.54. The van der Waals surface area contributed by atoms with Gasteiger partial charge in [0.05, 0.1) is 12.3 Å². The molecular formula is C20H20FN3O4. The molecule has 1 amide bonds. The summed E-state index contributed by atoms with van der Waals surface area (Å²) in [6.07, 6.45) is 2.61. The Labute approximate surface area is 160 Å². The second-order valence-electron chi connectivity index (χ2n) is 7.36. The average Bonchev–Trinajstić information content (AvgIpc) is 3.30. The Kier molecular flexibility index (Phi) is 4.62. The summed E-state index contributed by atoms with van der Waals surface area (Å²) >= 11 is 0. The van der Waals surface area contributed by atoms with Gasteiger partial charge in [0.1, 0.15) is 17.2 Å². The Morgan fingerprint density at radius 3 is 3.00 bits per heavy atom. The van der Waals surface area contributed by atoms with Crippen molar-refractivity contribution in [3.63, 3.8) is 0 Å². The predicted molar refractivity (Wildman–Crippen MR) is 96.9 cm³/mol. The van der Waals surface area contributed by atoms with Gasteiger partial charge in [0.15, 0.2) is 5.76 Å². The van der Waals surface area contributed by atoms with Crippen LogP contribution in [-0.4, -0.2) is 21.6 Å². The van der Waals surface area contributed by atoms with Crippen molar-refractivity contribution in [2.24, 2.45) is 0 Å². The highest BCUT2D eigenvalue weighted by molar-refractivity contribution is 5.76. The fourth-order valence-electron chi connectivity index (χ4n) is 3.30. The minimum Gasteiger partial charge on any atom is -0.487 e. The number of nitrogens with one attached hydrogen (secondary N) is 1. The normalized spacial score (nSPS) is 17.6. The van der Waals surface area contributed by atoms with E-state index in [1.54, 1.807) is 18.2 Å². The van der Waals surface area contributed by atoms with Gasteiger partial charge in [-0.3, -0.25) is 4.79 Å². The van der Waals surface area contributed by atoms with Crippen LogP contribution in [0.5, 0.6) is 5.75 Å². The zero-order chi connectivity index (χ0) is 19.7. The predicted octanol–water partition coefficient (Wildman–Crippen LogP) is 3.82. The van der Waals surface area contributed by atoms with E-state index in [4.69, 9.17) is 13.7 Å². The van der Waals surface area contributed by atoms with Gasteiger partial charge in [-0.2, -0.15) is 4.98 Å². The molecule has 1 atom stereocenters. The number of rotatable bonds is 5. The van der Waals surface area contributed by atoms with Crippen molar-refractivity contribution in [3.8, 4) is 17.3 Å². The molecule has 2 aromatic heterocycles. The third kappa shape index (κ3) is 3.90. The molecule has 28 heavy (non-hydrogen) atoms. The molecule has 3 aromatic rings. The van der Waals surface area contributed by atoms with Crippen LogP contribution in [0.3, 0.4) is 0 Å². The number of fused-ring (bicyclic) bond motifs is 1. The number of carbonyl (C=O) groups is 1. The maximum atomic E-state index is 13.6. The van der Waals surface area contributed by atoms with Crippen LogP contribution in [0.4, 0.5) is 4.39 Å². The number of aryl methyl sites for hydroxylation is 1. The van der Waals surface area contributed by atoms with Gasteiger partial charge in [-0.05, 0) is 32.0 Å². The van der Waals surface area contributed by atoms with E-state index in [1.165, 1.54) is 18.4 Å². The van der Waals surface area contributed by atoms with Gasteiger partial charge in [-0.1, -0.05) is 11.2 Å². The first-order valence-electron chi connectivity index (χ1n) is 9.04.